The van der Waals surface area contributed by atoms with Gasteiger partial charge in [-0.3, -0.25) is 4.79 Å². The molecule has 1 aliphatic heterocycles. The van der Waals surface area contributed by atoms with E-state index in [-0.39, 0.29) is 12.5 Å². The first-order valence-electron chi connectivity index (χ1n) is 19.9. The van der Waals surface area contributed by atoms with Gasteiger partial charge in [0.25, 0.3) is 0 Å². The molecule has 0 radical (unpaired) electrons. The van der Waals surface area contributed by atoms with Crippen molar-refractivity contribution in [3.63, 3.8) is 0 Å². The lowest BCUT2D eigenvalue weighted by atomic mass is 9.77. The highest BCUT2D eigenvalue weighted by molar-refractivity contribution is 6.32. The zero-order chi connectivity index (χ0) is 39.2. The van der Waals surface area contributed by atoms with Crippen LogP contribution in [0.2, 0.25) is 0 Å². The van der Waals surface area contributed by atoms with E-state index in [4.69, 9.17) is 35.3 Å². The summed E-state index contributed by atoms with van der Waals surface area (Å²) in [5.41, 5.74) is 8.18. The molecule has 0 spiro atoms. The predicted octanol–water partition coefficient (Wildman–Crippen LogP) is 10.2. The van der Waals surface area contributed by atoms with Crippen LogP contribution in [0, 0.1) is 5.92 Å². The summed E-state index contributed by atoms with van der Waals surface area (Å²) in [6.07, 6.45) is 1.92. The molecule has 2 unspecified atom stereocenters. The van der Waals surface area contributed by atoms with Crippen molar-refractivity contribution in [3.8, 4) is 0 Å². The highest BCUT2D eigenvalue weighted by atomic mass is 35.5. The number of halogens is 1. The van der Waals surface area contributed by atoms with Crippen molar-refractivity contribution in [2.45, 2.75) is 83.1 Å². The fourth-order valence-electron chi connectivity index (χ4n) is 7.71. The van der Waals surface area contributed by atoms with Crippen LogP contribution in [0.5, 0.6) is 0 Å². The molecule has 0 amide bonds. The topological polar surface area (TPSA) is 63.2 Å². The van der Waals surface area contributed by atoms with E-state index in [1.54, 1.807) is 0 Å². The minimum absolute atomic E-state index is 0.238. The van der Waals surface area contributed by atoms with Crippen LogP contribution in [-0.4, -0.2) is 43.4 Å². The summed E-state index contributed by atoms with van der Waals surface area (Å²) in [4.78, 5) is 13.0. The van der Waals surface area contributed by atoms with E-state index in [9.17, 15) is 4.79 Å². The molecule has 1 fully saturated rings. The Morgan fingerprint density at radius 1 is 0.596 bits per heavy atom. The largest absolute Gasteiger partial charge is 0.374 e. The Labute approximate surface area is 342 Å². The molecule has 57 heavy (non-hydrogen) atoms. The molecule has 0 N–H and O–H groups in total. The molecule has 0 saturated carbocycles. The van der Waals surface area contributed by atoms with Gasteiger partial charge in [-0.05, 0) is 69.9 Å². The van der Waals surface area contributed by atoms with Crippen molar-refractivity contribution >= 4 is 17.9 Å². The molecule has 5 aromatic rings. The van der Waals surface area contributed by atoms with Crippen molar-refractivity contribution in [2.24, 2.45) is 5.92 Å². The van der Waals surface area contributed by atoms with Crippen LogP contribution in [0.25, 0.3) is 0 Å². The number of hydrogen-bond donors (Lipinski definition) is 0. The van der Waals surface area contributed by atoms with Crippen LogP contribution in [0.1, 0.15) is 46.7 Å². The molecule has 0 bridgehead atoms. The molecule has 2 aliphatic rings. The summed E-state index contributed by atoms with van der Waals surface area (Å²) in [7, 11) is 0. The Hall–Kier alpha value is -4.66. The van der Waals surface area contributed by atoms with Gasteiger partial charge in [-0.15, -0.1) is 0 Å². The average Bonchev–Trinajstić information content (AvgIpc) is 3.26. The van der Waals surface area contributed by atoms with E-state index in [1.807, 2.05) is 115 Å². The molecule has 7 rings (SSSR count). The molecule has 6 atom stereocenters. The minimum Gasteiger partial charge on any atom is -0.374 e. The van der Waals surface area contributed by atoms with Crippen molar-refractivity contribution in [1.82, 2.24) is 0 Å². The summed E-state index contributed by atoms with van der Waals surface area (Å²) in [6.45, 7) is 3.78. The number of rotatable bonds is 18. The first kappa shape index (κ1) is 40.5. The number of carbonyl (C=O) groups excluding carboxylic acids is 1. The maximum absolute atomic E-state index is 13.0. The number of allylic oxidation sites excluding steroid dienone is 3. The van der Waals surface area contributed by atoms with E-state index in [2.05, 4.69) is 43.3 Å². The van der Waals surface area contributed by atoms with E-state index < -0.39 is 30.5 Å². The van der Waals surface area contributed by atoms with Crippen LogP contribution in [0.3, 0.4) is 0 Å². The average molecular weight is 783 g/mol. The van der Waals surface area contributed by atoms with Gasteiger partial charge in [-0.25, -0.2) is 0 Å². The zero-order valence-electron chi connectivity index (χ0n) is 32.5. The molecular formula is C50H51ClO6. The zero-order valence-corrected chi connectivity index (χ0v) is 33.2. The van der Waals surface area contributed by atoms with Crippen molar-refractivity contribution in [1.29, 1.82) is 0 Å². The lowest BCUT2D eigenvalue weighted by molar-refractivity contribution is -0.279. The smallest absolute Gasteiger partial charge is 0.146 e. The molecule has 0 aromatic heterocycles. The highest BCUT2D eigenvalue weighted by Crippen LogP contribution is 2.42. The molecule has 1 heterocycles. The van der Waals surface area contributed by atoms with Crippen LogP contribution in [0.4, 0.5) is 0 Å². The van der Waals surface area contributed by atoms with E-state index in [1.165, 1.54) is 5.56 Å². The molecule has 7 heteroatoms. The second-order valence-corrected chi connectivity index (χ2v) is 15.2. The molecule has 1 aliphatic carbocycles. The van der Waals surface area contributed by atoms with Crippen molar-refractivity contribution in [3.05, 3.63) is 201 Å². The summed E-state index contributed by atoms with van der Waals surface area (Å²) in [5, 5.41) is 0.592. The van der Waals surface area contributed by atoms with Gasteiger partial charge < -0.3 is 23.7 Å². The Morgan fingerprint density at radius 2 is 1.07 bits per heavy atom. The van der Waals surface area contributed by atoms with E-state index in [0.29, 0.717) is 49.9 Å². The Bertz CT molecular complexity index is 2040. The Balaban J connectivity index is 1.26. The van der Waals surface area contributed by atoms with Gasteiger partial charge in [0.05, 0.1) is 39.1 Å². The summed E-state index contributed by atoms with van der Waals surface area (Å²) < 4.78 is 34.5. The number of aryl methyl sites for hydroxylation is 1. The third-order valence-corrected chi connectivity index (χ3v) is 11.2. The van der Waals surface area contributed by atoms with Gasteiger partial charge in [0.1, 0.15) is 30.7 Å². The Morgan fingerprint density at radius 3 is 1.58 bits per heavy atom. The minimum atomic E-state index is -0.629. The Kier molecular flexibility index (Phi) is 14.7. The monoisotopic (exact) mass is 782 g/mol. The maximum atomic E-state index is 13.0. The molecule has 5 aromatic carbocycles. The highest BCUT2D eigenvalue weighted by Gasteiger charge is 2.51. The molecule has 294 valence electrons. The SMILES string of the molecule is CCc1ccc(CC2=C(Cl)C=C(C=O)C([C@@H]3OC(COCc4ccccc4)[C@@H](OCc4ccccc4)[C@H](OCc4ccccc4)[C@H]3OCc3ccccc3)C2)cc1. The predicted molar refractivity (Wildman–Crippen MR) is 224 cm³/mol. The van der Waals surface area contributed by atoms with Gasteiger partial charge in [0.2, 0.25) is 0 Å². The first-order chi connectivity index (χ1) is 28.1. The molecular weight excluding hydrogens is 732 g/mol. The third-order valence-electron chi connectivity index (χ3n) is 10.8. The third kappa shape index (κ3) is 11.1. The summed E-state index contributed by atoms with van der Waals surface area (Å²) in [6, 6.07) is 49.1. The lowest BCUT2D eigenvalue weighted by Gasteiger charge is -2.49. The normalized spacial score (nSPS) is 22.2. The van der Waals surface area contributed by atoms with Gasteiger partial charge in [0, 0.05) is 11.0 Å². The number of aldehydes is 1. The fraction of sp³-hybridized carbons (Fsp3) is 0.300. The van der Waals surface area contributed by atoms with Gasteiger partial charge in [-0.2, -0.15) is 0 Å². The summed E-state index contributed by atoms with van der Waals surface area (Å²) >= 11 is 6.98. The molecule has 1 saturated heterocycles. The van der Waals surface area contributed by atoms with Crippen LogP contribution < -0.4 is 0 Å². The number of benzene rings is 5. The van der Waals surface area contributed by atoms with Gasteiger partial charge in [0.15, 0.2) is 0 Å². The maximum Gasteiger partial charge on any atom is 0.146 e. The fourth-order valence-corrected chi connectivity index (χ4v) is 7.98. The second-order valence-electron chi connectivity index (χ2n) is 14.8. The first-order valence-corrected chi connectivity index (χ1v) is 20.3. The number of hydrogen-bond acceptors (Lipinski definition) is 6. The lowest BCUT2D eigenvalue weighted by Crippen LogP contribution is -2.63. The van der Waals surface area contributed by atoms with Crippen molar-refractivity contribution in [2.75, 3.05) is 6.61 Å². The second kappa shape index (κ2) is 20.7. The molecule has 6 nitrogen and oxygen atoms in total. The van der Waals surface area contributed by atoms with Gasteiger partial charge >= 0.3 is 0 Å². The van der Waals surface area contributed by atoms with Crippen LogP contribution in [0.15, 0.2) is 168 Å². The van der Waals surface area contributed by atoms with E-state index in [0.717, 1.165) is 46.1 Å². The van der Waals surface area contributed by atoms with Crippen molar-refractivity contribution < 1.29 is 28.5 Å². The van der Waals surface area contributed by atoms with Gasteiger partial charge in [-0.1, -0.05) is 164 Å². The van der Waals surface area contributed by atoms with E-state index >= 15 is 0 Å². The van der Waals surface area contributed by atoms with Crippen LogP contribution in [-0.2, 0) is 67.7 Å². The number of ether oxygens (including phenoxy) is 5. The van der Waals surface area contributed by atoms with Crippen LogP contribution >= 0.6 is 11.6 Å². The summed E-state index contributed by atoms with van der Waals surface area (Å²) in [5.74, 6) is -0.370. The number of carbonyl (C=O) groups is 1. The quantitative estimate of drug-likeness (QED) is 0.0825. The standard InChI is InChI=1S/C50H51ClO6/c1-2-36-23-25-37(26-24-36)27-42-28-44(43(30-52)29-45(42)51)47-49(55-33-40-19-11-5-12-20-40)50(56-34-41-21-13-6-14-22-41)48(54-32-39-17-9-4-10-18-39)46(57-47)35-53-31-38-15-7-3-8-16-38/h3-26,29-30,44,46-50H,2,27-28,31-35H2,1H3/t44?,46?,47-,48+,49-,50-/m0/s1.